The largest absolute Gasteiger partial charge is 0.353 e. The van der Waals surface area contributed by atoms with Gasteiger partial charge in [-0.1, -0.05) is 58.8 Å². The van der Waals surface area contributed by atoms with Gasteiger partial charge in [-0.15, -0.1) is 11.8 Å². The topological polar surface area (TPSA) is 44.7 Å². The van der Waals surface area contributed by atoms with Gasteiger partial charge < -0.3 is 5.32 Å². The van der Waals surface area contributed by atoms with Crippen molar-refractivity contribution in [2.75, 3.05) is 25.4 Å². The number of carbonyl (C=O) groups is 1. The molecule has 33 heavy (non-hydrogen) atoms. The van der Waals surface area contributed by atoms with E-state index in [1.165, 1.54) is 36.8 Å². The molecule has 2 rings (SSSR count). The van der Waals surface area contributed by atoms with Crippen LogP contribution in [0.25, 0.3) is 0 Å². The number of thioether (sulfide) groups is 1. The summed E-state index contributed by atoms with van der Waals surface area (Å²) >= 11 is 1.78. The lowest BCUT2D eigenvalue weighted by molar-refractivity contribution is -0.122. The lowest BCUT2D eigenvalue weighted by Gasteiger charge is -2.27. The first-order chi connectivity index (χ1) is 15.9. The molecule has 1 aliphatic carbocycles. The van der Waals surface area contributed by atoms with E-state index in [9.17, 15) is 4.79 Å². The van der Waals surface area contributed by atoms with Crippen LogP contribution in [0.1, 0.15) is 84.1 Å². The summed E-state index contributed by atoms with van der Waals surface area (Å²) in [5.74, 6) is 2.16. The van der Waals surface area contributed by atoms with Gasteiger partial charge in [0.2, 0.25) is 5.91 Å². The second-order valence-corrected chi connectivity index (χ2v) is 10.8. The monoisotopic (exact) mass is 471 g/mol. The van der Waals surface area contributed by atoms with Crippen molar-refractivity contribution < 1.29 is 4.79 Å². The van der Waals surface area contributed by atoms with Gasteiger partial charge in [-0.05, 0) is 80.8 Å². The third kappa shape index (κ3) is 9.29. The summed E-state index contributed by atoms with van der Waals surface area (Å²) < 4.78 is 0. The molecular formula is C28H45N3OS. The lowest BCUT2D eigenvalue weighted by Crippen LogP contribution is -2.40. The molecule has 1 aromatic rings. The summed E-state index contributed by atoms with van der Waals surface area (Å²) in [5, 5.41) is 3.39. The molecule has 1 fully saturated rings. The van der Waals surface area contributed by atoms with Crippen molar-refractivity contribution in [2.45, 2.75) is 89.5 Å². The van der Waals surface area contributed by atoms with Crippen LogP contribution in [-0.4, -0.2) is 49.0 Å². The van der Waals surface area contributed by atoms with Gasteiger partial charge in [0.1, 0.15) is 0 Å². The summed E-state index contributed by atoms with van der Waals surface area (Å²) in [7, 11) is 0. The average molecular weight is 472 g/mol. The quantitative estimate of drug-likeness (QED) is 0.130. The van der Waals surface area contributed by atoms with Gasteiger partial charge in [0.05, 0.1) is 5.69 Å². The molecule has 0 radical (unpaired) electrons. The first-order valence-electron chi connectivity index (χ1n) is 12.8. The van der Waals surface area contributed by atoms with Gasteiger partial charge in [-0.2, -0.15) is 0 Å². The molecule has 0 heterocycles. The average Bonchev–Trinajstić information content (AvgIpc) is 3.34. The molecule has 5 heteroatoms. The van der Waals surface area contributed by atoms with Crippen LogP contribution in [0.3, 0.4) is 0 Å². The van der Waals surface area contributed by atoms with E-state index in [4.69, 9.17) is 0 Å². The molecule has 1 unspecified atom stereocenters. The second-order valence-electron chi connectivity index (χ2n) is 9.63. The van der Waals surface area contributed by atoms with Gasteiger partial charge in [0.25, 0.3) is 0 Å². The third-order valence-electron chi connectivity index (χ3n) is 6.79. The summed E-state index contributed by atoms with van der Waals surface area (Å²) in [6.07, 6.45) is 7.34. The Labute approximate surface area is 206 Å². The Morgan fingerprint density at radius 3 is 2.55 bits per heavy atom. The maximum atomic E-state index is 12.8. The molecular weight excluding hydrogens is 426 g/mol. The van der Waals surface area contributed by atoms with Gasteiger partial charge in [0, 0.05) is 23.9 Å². The summed E-state index contributed by atoms with van der Waals surface area (Å²) in [6, 6.07) is 6.63. The molecule has 0 saturated heterocycles. The Kier molecular flexibility index (Phi) is 12.3. The van der Waals surface area contributed by atoms with Crippen molar-refractivity contribution >= 4 is 30.1 Å². The predicted octanol–water partition coefficient (Wildman–Crippen LogP) is 6.98. The van der Waals surface area contributed by atoms with Crippen LogP contribution in [0.4, 0.5) is 5.69 Å². The van der Waals surface area contributed by atoms with Crippen molar-refractivity contribution in [3.63, 3.8) is 0 Å². The van der Waals surface area contributed by atoms with Crippen molar-refractivity contribution in [3.8, 4) is 0 Å². The Bertz CT molecular complexity index is 766. The first-order valence-corrected chi connectivity index (χ1v) is 13.8. The fourth-order valence-corrected chi connectivity index (χ4v) is 5.67. The summed E-state index contributed by atoms with van der Waals surface area (Å²) in [6.45, 7) is 19.8. The molecule has 0 aliphatic heterocycles. The smallest absolute Gasteiger partial charge is 0.220 e. The van der Waals surface area contributed by atoms with Gasteiger partial charge in [-0.25, -0.2) is 0 Å². The van der Waals surface area contributed by atoms with Crippen LogP contribution in [0, 0.1) is 5.92 Å². The maximum absolute atomic E-state index is 12.8. The Balaban J connectivity index is 1.85. The molecule has 1 aliphatic rings. The number of aliphatic imine (C=N–C) groups is 1. The zero-order valence-electron chi connectivity index (χ0n) is 21.4. The number of nitrogens with zero attached hydrogens (tertiary/aromatic N) is 2. The zero-order chi connectivity index (χ0) is 24.2. The summed E-state index contributed by atoms with van der Waals surface area (Å²) in [5.41, 5.74) is 3.48. The molecule has 0 bridgehead atoms. The van der Waals surface area contributed by atoms with Crippen molar-refractivity contribution in [1.82, 2.24) is 10.2 Å². The molecule has 1 aromatic carbocycles. The van der Waals surface area contributed by atoms with E-state index in [1.54, 1.807) is 11.8 Å². The minimum atomic E-state index is 0.182. The van der Waals surface area contributed by atoms with Gasteiger partial charge >= 0.3 is 0 Å². The molecule has 0 aromatic heterocycles. The van der Waals surface area contributed by atoms with Crippen LogP contribution >= 0.6 is 11.8 Å². The van der Waals surface area contributed by atoms with Crippen molar-refractivity contribution in [3.05, 3.63) is 35.9 Å². The highest BCUT2D eigenvalue weighted by atomic mass is 32.2. The van der Waals surface area contributed by atoms with E-state index >= 15 is 0 Å². The molecule has 1 saturated carbocycles. The highest BCUT2D eigenvalue weighted by molar-refractivity contribution is 7.99. The number of hydrogen-bond donors (Lipinski definition) is 1. The number of nitrogens with one attached hydrogen (secondary N) is 1. The molecule has 4 nitrogen and oxygen atoms in total. The summed E-state index contributed by atoms with van der Waals surface area (Å²) in [4.78, 5) is 20.5. The minimum absolute atomic E-state index is 0.182. The highest BCUT2D eigenvalue weighted by Gasteiger charge is 2.27. The fraction of sp³-hybridized carbons (Fsp3) is 0.643. The highest BCUT2D eigenvalue weighted by Crippen LogP contribution is 2.33. The van der Waals surface area contributed by atoms with Crippen LogP contribution in [0.15, 0.2) is 40.2 Å². The zero-order valence-corrected chi connectivity index (χ0v) is 22.2. The molecule has 1 N–H and O–H groups in total. The van der Waals surface area contributed by atoms with Gasteiger partial charge in [0.15, 0.2) is 0 Å². The molecule has 0 spiro atoms. The first kappa shape index (κ1) is 27.7. The fourth-order valence-electron chi connectivity index (χ4n) is 4.66. The van der Waals surface area contributed by atoms with E-state index in [0.717, 1.165) is 48.8 Å². The van der Waals surface area contributed by atoms with E-state index in [2.05, 4.69) is 74.4 Å². The van der Waals surface area contributed by atoms with E-state index < -0.39 is 0 Å². The second kappa shape index (κ2) is 14.6. The third-order valence-corrected chi connectivity index (χ3v) is 7.92. The Morgan fingerprint density at radius 1 is 1.24 bits per heavy atom. The van der Waals surface area contributed by atoms with Crippen LogP contribution < -0.4 is 5.32 Å². The number of carbonyl (C=O) groups excluding carboxylic acids is 1. The molecule has 1 atom stereocenters. The number of rotatable bonds is 15. The van der Waals surface area contributed by atoms with E-state index in [1.807, 2.05) is 0 Å². The van der Waals surface area contributed by atoms with Crippen LogP contribution in [0.5, 0.6) is 0 Å². The number of benzene rings is 1. The van der Waals surface area contributed by atoms with Crippen LogP contribution in [-0.2, 0) is 4.79 Å². The van der Waals surface area contributed by atoms with Crippen molar-refractivity contribution in [1.29, 1.82) is 0 Å². The Hall–Kier alpha value is -1.59. The molecule has 1 amide bonds. The number of likely N-dealkylation sites (N-methyl/N-ethyl adjacent to an activating group) is 1. The number of amides is 1. The minimum Gasteiger partial charge on any atom is -0.353 e. The van der Waals surface area contributed by atoms with E-state index in [0.29, 0.717) is 18.3 Å². The van der Waals surface area contributed by atoms with Gasteiger partial charge in [-0.3, -0.25) is 14.7 Å². The number of hydrogen-bond acceptors (Lipinski definition) is 4. The maximum Gasteiger partial charge on any atom is 0.220 e. The van der Waals surface area contributed by atoms with E-state index in [-0.39, 0.29) is 11.9 Å². The predicted molar refractivity (Wildman–Crippen MR) is 145 cm³/mol. The van der Waals surface area contributed by atoms with Crippen LogP contribution in [0.2, 0.25) is 0 Å². The standard InChI is InChI=1S/C28H45N3OS/c1-7-31(8-2)20-22(5)18-26(23-12-9-10-13-23)30-28(32)14-11-17-33-27-19-24(21(3)4)15-16-25(27)29-6/h15-16,19,21,23,26H,5-14,17-18,20H2,1-4H3,(H,30,32). The van der Waals surface area contributed by atoms with Crippen molar-refractivity contribution in [2.24, 2.45) is 10.9 Å². The normalized spacial score (nSPS) is 15.2. The SMILES string of the molecule is C=Nc1ccc(C(C)C)cc1SCCCC(=O)NC(CC(=C)CN(CC)CC)C1CCCC1. The lowest BCUT2D eigenvalue weighted by atomic mass is 9.92. The molecule has 184 valence electrons. The Morgan fingerprint density at radius 2 is 1.94 bits per heavy atom.